The summed E-state index contributed by atoms with van der Waals surface area (Å²) in [5.74, 6) is -0.687. The minimum Gasteiger partial charge on any atom is -0.437 e. The molecule has 2 rings (SSSR count). The number of nitroso groups, excluding NO2 is 1. The first-order valence-corrected chi connectivity index (χ1v) is 6.69. The molecule has 1 aromatic carbocycles. The molecule has 0 saturated heterocycles. The Hall–Kier alpha value is -2.91. The van der Waals surface area contributed by atoms with E-state index < -0.39 is 23.5 Å². The van der Waals surface area contributed by atoms with Gasteiger partial charge in [0.25, 0.3) is 0 Å². The first-order chi connectivity index (χ1) is 11.2. The van der Waals surface area contributed by atoms with Gasteiger partial charge < -0.3 is 10.1 Å². The lowest BCUT2D eigenvalue weighted by Gasteiger charge is -2.13. The van der Waals surface area contributed by atoms with Crippen molar-refractivity contribution in [3.05, 3.63) is 39.9 Å². The highest BCUT2D eigenvalue weighted by Crippen LogP contribution is 2.40. The SMILES string of the molecule is CNC(=O)n1nc(Oc2ccc(N=O)cc2C(F)(F)F)c(C)c1C. The predicted octanol–water partition coefficient (Wildman–Crippen LogP) is 3.90. The number of carbonyl (C=O) groups excluding carboxylic acids is 1. The van der Waals surface area contributed by atoms with Gasteiger partial charge in [0.2, 0.25) is 5.88 Å². The van der Waals surface area contributed by atoms with Crippen molar-refractivity contribution in [2.75, 3.05) is 7.05 Å². The molecule has 0 aliphatic carbocycles. The lowest BCUT2D eigenvalue weighted by Crippen LogP contribution is -2.26. The van der Waals surface area contributed by atoms with Gasteiger partial charge in [0.1, 0.15) is 17.0 Å². The number of aromatic nitrogens is 2. The van der Waals surface area contributed by atoms with E-state index in [9.17, 15) is 22.9 Å². The van der Waals surface area contributed by atoms with E-state index in [0.717, 1.165) is 16.8 Å². The molecule has 0 aliphatic rings. The number of alkyl halides is 3. The van der Waals surface area contributed by atoms with Crippen LogP contribution >= 0.6 is 0 Å². The van der Waals surface area contributed by atoms with E-state index in [0.29, 0.717) is 17.3 Å². The van der Waals surface area contributed by atoms with Gasteiger partial charge in [0.15, 0.2) is 0 Å². The van der Waals surface area contributed by atoms with Gasteiger partial charge in [-0.05, 0) is 37.2 Å². The van der Waals surface area contributed by atoms with Crippen molar-refractivity contribution in [1.82, 2.24) is 15.1 Å². The molecule has 10 heteroatoms. The molecule has 1 heterocycles. The monoisotopic (exact) mass is 342 g/mol. The Morgan fingerprint density at radius 3 is 2.54 bits per heavy atom. The molecule has 2 aromatic rings. The third-order valence-corrected chi connectivity index (χ3v) is 3.36. The van der Waals surface area contributed by atoms with Crippen LogP contribution in [-0.2, 0) is 6.18 Å². The van der Waals surface area contributed by atoms with E-state index in [2.05, 4.69) is 15.6 Å². The number of amides is 1. The summed E-state index contributed by atoms with van der Waals surface area (Å²) in [5.41, 5.74) is -0.710. The highest BCUT2D eigenvalue weighted by molar-refractivity contribution is 5.76. The molecule has 0 spiro atoms. The smallest absolute Gasteiger partial charge is 0.420 e. The highest BCUT2D eigenvalue weighted by atomic mass is 19.4. The molecule has 0 saturated carbocycles. The number of benzene rings is 1. The quantitative estimate of drug-likeness (QED) is 0.857. The molecule has 1 amide bonds. The van der Waals surface area contributed by atoms with Gasteiger partial charge in [-0.1, -0.05) is 0 Å². The number of ether oxygens (including phenoxy) is 1. The molecule has 0 atom stereocenters. The standard InChI is InChI=1S/C14H13F3N4O3/c1-7-8(2)21(13(22)18-3)19-12(7)24-11-5-4-9(20-23)6-10(11)14(15,16)17/h4-6H,1-3H3,(H,18,22). The Morgan fingerprint density at radius 1 is 1.33 bits per heavy atom. The van der Waals surface area contributed by atoms with Gasteiger partial charge in [0, 0.05) is 12.6 Å². The van der Waals surface area contributed by atoms with Crippen molar-refractivity contribution in [3.8, 4) is 11.6 Å². The molecule has 0 aliphatic heterocycles. The van der Waals surface area contributed by atoms with E-state index in [-0.39, 0.29) is 11.6 Å². The largest absolute Gasteiger partial charge is 0.437 e. The molecule has 24 heavy (non-hydrogen) atoms. The van der Waals surface area contributed by atoms with E-state index >= 15 is 0 Å². The molecule has 0 radical (unpaired) electrons. The van der Waals surface area contributed by atoms with Crippen LogP contribution in [0.1, 0.15) is 16.8 Å². The van der Waals surface area contributed by atoms with Crippen molar-refractivity contribution in [1.29, 1.82) is 0 Å². The second-order valence-electron chi connectivity index (χ2n) is 4.85. The number of rotatable bonds is 3. The van der Waals surface area contributed by atoms with Gasteiger partial charge >= 0.3 is 12.2 Å². The van der Waals surface area contributed by atoms with Crippen LogP contribution in [0.15, 0.2) is 23.4 Å². The summed E-state index contributed by atoms with van der Waals surface area (Å²) in [6.07, 6.45) is -4.75. The summed E-state index contributed by atoms with van der Waals surface area (Å²) in [6.45, 7) is 3.14. The van der Waals surface area contributed by atoms with Crippen molar-refractivity contribution in [2.45, 2.75) is 20.0 Å². The van der Waals surface area contributed by atoms with Crippen LogP contribution in [0.25, 0.3) is 0 Å². The summed E-state index contributed by atoms with van der Waals surface area (Å²) in [7, 11) is 1.40. The maximum absolute atomic E-state index is 13.1. The topological polar surface area (TPSA) is 85.6 Å². The van der Waals surface area contributed by atoms with Crippen LogP contribution in [0.5, 0.6) is 11.6 Å². The second-order valence-corrected chi connectivity index (χ2v) is 4.85. The third-order valence-electron chi connectivity index (χ3n) is 3.36. The molecule has 7 nitrogen and oxygen atoms in total. The number of nitrogens with one attached hydrogen (secondary N) is 1. The average molecular weight is 342 g/mol. The summed E-state index contributed by atoms with van der Waals surface area (Å²) in [5, 5.41) is 8.71. The maximum atomic E-state index is 13.1. The van der Waals surface area contributed by atoms with Crippen LogP contribution in [0, 0.1) is 18.8 Å². The molecular weight excluding hydrogens is 329 g/mol. The summed E-state index contributed by atoms with van der Waals surface area (Å²) < 4.78 is 45.6. The minimum absolute atomic E-state index is 0.145. The minimum atomic E-state index is -4.75. The van der Waals surface area contributed by atoms with E-state index in [1.165, 1.54) is 7.05 Å². The molecule has 128 valence electrons. The normalized spacial score (nSPS) is 11.2. The van der Waals surface area contributed by atoms with Gasteiger partial charge in [0.05, 0.1) is 5.69 Å². The first kappa shape index (κ1) is 17.4. The molecule has 0 bridgehead atoms. The van der Waals surface area contributed by atoms with Crippen molar-refractivity contribution < 1.29 is 22.7 Å². The van der Waals surface area contributed by atoms with E-state index in [1.54, 1.807) is 13.8 Å². The van der Waals surface area contributed by atoms with Crippen molar-refractivity contribution in [3.63, 3.8) is 0 Å². The molecule has 0 unspecified atom stereocenters. The van der Waals surface area contributed by atoms with E-state index in [4.69, 9.17) is 4.74 Å². The van der Waals surface area contributed by atoms with Crippen molar-refractivity contribution in [2.24, 2.45) is 5.18 Å². The van der Waals surface area contributed by atoms with Crippen LogP contribution < -0.4 is 10.1 Å². The number of carbonyl (C=O) groups is 1. The third kappa shape index (κ3) is 3.21. The first-order valence-electron chi connectivity index (χ1n) is 6.69. The Morgan fingerprint density at radius 2 is 2.00 bits per heavy atom. The van der Waals surface area contributed by atoms with E-state index in [1.807, 2.05) is 0 Å². The molecular formula is C14H13F3N4O3. The fourth-order valence-electron chi connectivity index (χ4n) is 1.94. The number of halogens is 3. The average Bonchev–Trinajstić information content (AvgIpc) is 2.82. The molecule has 1 N–H and O–H groups in total. The molecule has 1 aromatic heterocycles. The summed E-state index contributed by atoms with van der Waals surface area (Å²) >= 11 is 0. The van der Waals surface area contributed by atoms with Crippen LogP contribution in [0.2, 0.25) is 0 Å². The maximum Gasteiger partial charge on any atom is 0.420 e. The number of hydrogen-bond acceptors (Lipinski definition) is 5. The predicted molar refractivity (Wildman–Crippen MR) is 78.5 cm³/mol. The lowest BCUT2D eigenvalue weighted by molar-refractivity contribution is -0.138. The zero-order valence-electron chi connectivity index (χ0n) is 12.9. The Kier molecular flexibility index (Phi) is 4.58. The second kappa shape index (κ2) is 6.30. The Labute approximate surface area is 134 Å². The van der Waals surface area contributed by atoms with Crippen molar-refractivity contribution >= 4 is 11.7 Å². The fraction of sp³-hybridized carbons (Fsp3) is 0.286. The highest BCUT2D eigenvalue weighted by Gasteiger charge is 2.35. The molecule has 0 fully saturated rings. The summed E-state index contributed by atoms with van der Waals surface area (Å²) in [6, 6.07) is 2.10. The van der Waals surface area contributed by atoms with Crippen LogP contribution in [0.3, 0.4) is 0 Å². The van der Waals surface area contributed by atoms with Gasteiger partial charge in [-0.15, -0.1) is 10.0 Å². The van der Waals surface area contributed by atoms with Gasteiger partial charge in [-0.3, -0.25) is 0 Å². The lowest BCUT2D eigenvalue weighted by atomic mass is 10.1. The number of hydrogen-bond donors (Lipinski definition) is 1. The van der Waals surface area contributed by atoms with Gasteiger partial charge in [-0.2, -0.15) is 17.9 Å². The fourth-order valence-corrected chi connectivity index (χ4v) is 1.94. The van der Waals surface area contributed by atoms with Crippen LogP contribution in [0.4, 0.5) is 23.7 Å². The number of nitrogens with zero attached hydrogens (tertiary/aromatic N) is 3. The van der Waals surface area contributed by atoms with Gasteiger partial charge in [-0.25, -0.2) is 4.79 Å². The Balaban J connectivity index is 2.49. The Bertz CT molecular complexity index is 799. The zero-order chi connectivity index (χ0) is 18.1. The zero-order valence-corrected chi connectivity index (χ0v) is 12.9. The van der Waals surface area contributed by atoms with Crippen LogP contribution in [-0.4, -0.2) is 22.9 Å². The summed E-state index contributed by atoms with van der Waals surface area (Å²) in [4.78, 5) is 22.1.